The molecule has 0 aliphatic carbocycles. The van der Waals surface area contributed by atoms with Gasteiger partial charge in [-0.3, -0.25) is 14.9 Å². The standard InChI is InChI=1S/C11H12N6O2/c1-6-4-7(2-3-13-6)11(18)15-10-8(5-14-16-10)9(12)17-19/h2-5,19H,1H3,(H2,12,17)(H2,14,15,16,18). The van der Waals surface area contributed by atoms with Crippen molar-refractivity contribution >= 4 is 17.6 Å². The lowest BCUT2D eigenvalue weighted by atomic mass is 10.2. The molecule has 2 heterocycles. The van der Waals surface area contributed by atoms with E-state index in [9.17, 15) is 4.79 Å². The van der Waals surface area contributed by atoms with Crippen LogP contribution in [0.1, 0.15) is 21.6 Å². The van der Waals surface area contributed by atoms with E-state index in [4.69, 9.17) is 10.9 Å². The highest BCUT2D eigenvalue weighted by Crippen LogP contribution is 2.12. The number of hydrogen-bond acceptors (Lipinski definition) is 5. The second kappa shape index (κ2) is 5.17. The maximum atomic E-state index is 12.0. The summed E-state index contributed by atoms with van der Waals surface area (Å²) in [6.45, 7) is 1.79. The number of anilines is 1. The van der Waals surface area contributed by atoms with E-state index in [0.717, 1.165) is 5.69 Å². The van der Waals surface area contributed by atoms with E-state index >= 15 is 0 Å². The lowest BCUT2D eigenvalue weighted by molar-refractivity contribution is 0.102. The van der Waals surface area contributed by atoms with Gasteiger partial charge in [-0.05, 0) is 19.1 Å². The zero-order valence-corrected chi connectivity index (χ0v) is 10.1. The normalized spacial score (nSPS) is 11.3. The number of amidine groups is 1. The van der Waals surface area contributed by atoms with Crippen molar-refractivity contribution in [2.24, 2.45) is 10.9 Å². The van der Waals surface area contributed by atoms with Crippen LogP contribution in [0, 0.1) is 6.92 Å². The molecule has 2 aromatic rings. The van der Waals surface area contributed by atoms with Crippen LogP contribution < -0.4 is 11.1 Å². The van der Waals surface area contributed by atoms with Crippen LogP contribution in [0.15, 0.2) is 29.7 Å². The van der Waals surface area contributed by atoms with E-state index in [1.165, 1.54) is 6.20 Å². The van der Waals surface area contributed by atoms with Crippen molar-refractivity contribution in [3.8, 4) is 0 Å². The number of nitrogens with two attached hydrogens (primary N) is 1. The quantitative estimate of drug-likeness (QED) is 0.276. The van der Waals surface area contributed by atoms with Crippen LogP contribution in [0.5, 0.6) is 0 Å². The van der Waals surface area contributed by atoms with Gasteiger partial charge in [0.2, 0.25) is 0 Å². The first kappa shape index (κ1) is 12.6. The summed E-state index contributed by atoms with van der Waals surface area (Å²) in [6, 6.07) is 3.23. The molecule has 2 rings (SSSR count). The number of amides is 1. The minimum absolute atomic E-state index is 0.144. The highest BCUT2D eigenvalue weighted by molar-refractivity contribution is 6.08. The zero-order valence-electron chi connectivity index (χ0n) is 10.1. The number of aromatic nitrogens is 3. The number of carbonyl (C=O) groups is 1. The summed E-state index contributed by atoms with van der Waals surface area (Å²) in [4.78, 5) is 16.0. The molecule has 0 saturated heterocycles. The van der Waals surface area contributed by atoms with Crippen LogP contribution in [-0.2, 0) is 0 Å². The zero-order chi connectivity index (χ0) is 13.8. The van der Waals surface area contributed by atoms with Gasteiger partial charge in [-0.25, -0.2) is 0 Å². The predicted octanol–water partition coefficient (Wildman–Crippen LogP) is 0.460. The molecule has 8 heteroatoms. The summed E-state index contributed by atoms with van der Waals surface area (Å²) < 4.78 is 0. The lowest BCUT2D eigenvalue weighted by Gasteiger charge is -2.05. The molecule has 98 valence electrons. The number of hydrogen-bond donors (Lipinski definition) is 4. The fourth-order valence-electron chi connectivity index (χ4n) is 1.50. The fourth-order valence-corrected chi connectivity index (χ4v) is 1.50. The number of pyridine rings is 1. The minimum Gasteiger partial charge on any atom is -0.409 e. The Kier molecular flexibility index (Phi) is 3.42. The van der Waals surface area contributed by atoms with E-state index in [-0.39, 0.29) is 17.6 Å². The molecule has 5 N–H and O–H groups in total. The predicted molar refractivity (Wildman–Crippen MR) is 68.0 cm³/mol. The second-order valence-electron chi connectivity index (χ2n) is 3.78. The van der Waals surface area contributed by atoms with Gasteiger partial charge in [-0.15, -0.1) is 0 Å². The lowest BCUT2D eigenvalue weighted by Crippen LogP contribution is -2.18. The molecule has 0 spiro atoms. The summed E-state index contributed by atoms with van der Waals surface area (Å²) in [5, 5.41) is 20.4. The Morgan fingerprint density at radius 3 is 3.05 bits per heavy atom. The number of nitrogens with zero attached hydrogens (tertiary/aromatic N) is 3. The van der Waals surface area contributed by atoms with Gasteiger partial charge in [-0.1, -0.05) is 5.16 Å². The summed E-state index contributed by atoms with van der Waals surface area (Å²) in [5.74, 6) is -0.230. The SMILES string of the molecule is Cc1cc(C(=O)Nc2[nH]ncc2/C(N)=N/O)ccn1. The van der Waals surface area contributed by atoms with Crippen molar-refractivity contribution < 1.29 is 10.0 Å². The molecular weight excluding hydrogens is 248 g/mol. The molecule has 0 radical (unpaired) electrons. The van der Waals surface area contributed by atoms with Gasteiger partial charge in [0.15, 0.2) is 5.84 Å². The first-order valence-electron chi connectivity index (χ1n) is 5.37. The first-order valence-corrected chi connectivity index (χ1v) is 5.37. The highest BCUT2D eigenvalue weighted by atomic mass is 16.4. The van der Waals surface area contributed by atoms with Gasteiger partial charge >= 0.3 is 0 Å². The molecule has 0 bridgehead atoms. The van der Waals surface area contributed by atoms with Crippen molar-refractivity contribution in [3.63, 3.8) is 0 Å². The van der Waals surface area contributed by atoms with Crippen LogP contribution in [-0.4, -0.2) is 32.1 Å². The molecular formula is C11H12N6O2. The summed E-state index contributed by atoms with van der Waals surface area (Å²) in [5.41, 5.74) is 6.95. The third kappa shape index (κ3) is 2.68. The number of aryl methyl sites for hydroxylation is 1. The van der Waals surface area contributed by atoms with Gasteiger partial charge < -0.3 is 16.3 Å². The molecule has 0 aliphatic heterocycles. The van der Waals surface area contributed by atoms with E-state index in [2.05, 4.69) is 25.7 Å². The van der Waals surface area contributed by atoms with Gasteiger partial charge in [0.05, 0.1) is 11.8 Å². The van der Waals surface area contributed by atoms with Gasteiger partial charge in [-0.2, -0.15) is 5.10 Å². The molecule has 0 atom stereocenters. The Labute approximate surface area is 108 Å². The Morgan fingerprint density at radius 1 is 1.58 bits per heavy atom. The van der Waals surface area contributed by atoms with Gasteiger partial charge in [0.1, 0.15) is 5.82 Å². The number of oxime groups is 1. The average Bonchev–Trinajstić information content (AvgIpc) is 2.86. The third-order valence-corrected chi connectivity index (χ3v) is 2.42. The second-order valence-corrected chi connectivity index (χ2v) is 3.78. The van der Waals surface area contributed by atoms with Crippen molar-refractivity contribution in [3.05, 3.63) is 41.3 Å². The number of rotatable bonds is 3. The van der Waals surface area contributed by atoms with E-state index < -0.39 is 0 Å². The third-order valence-electron chi connectivity index (χ3n) is 2.42. The largest absolute Gasteiger partial charge is 0.409 e. The highest BCUT2D eigenvalue weighted by Gasteiger charge is 2.13. The van der Waals surface area contributed by atoms with Crippen LogP contribution in [0.2, 0.25) is 0 Å². The molecule has 0 saturated carbocycles. The van der Waals surface area contributed by atoms with Crippen LogP contribution >= 0.6 is 0 Å². The molecule has 8 nitrogen and oxygen atoms in total. The average molecular weight is 260 g/mol. The van der Waals surface area contributed by atoms with E-state index in [0.29, 0.717) is 11.1 Å². The Hall–Kier alpha value is -2.90. The molecule has 0 fully saturated rings. The molecule has 2 aromatic heterocycles. The molecule has 1 amide bonds. The van der Waals surface area contributed by atoms with Crippen molar-refractivity contribution in [2.45, 2.75) is 6.92 Å². The van der Waals surface area contributed by atoms with Gasteiger partial charge in [0, 0.05) is 17.5 Å². The smallest absolute Gasteiger partial charge is 0.256 e. The molecule has 0 aliphatic rings. The van der Waals surface area contributed by atoms with Crippen molar-refractivity contribution in [2.75, 3.05) is 5.32 Å². The van der Waals surface area contributed by atoms with Crippen LogP contribution in [0.3, 0.4) is 0 Å². The number of H-pyrrole nitrogens is 1. The Bertz CT molecular complexity index is 634. The number of aromatic amines is 1. The molecule has 0 aromatic carbocycles. The Balaban J connectivity index is 2.23. The summed E-state index contributed by atoms with van der Waals surface area (Å²) >= 11 is 0. The fraction of sp³-hybridized carbons (Fsp3) is 0.0909. The summed E-state index contributed by atoms with van der Waals surface area (Å²) in [7, 11) is 0. The first-order chi connectivity index (χ1) is 9.11. The topological polar surface area (TPSA) is 129 Å². The van der Waals surface area contributed by atoms with Crippen LogP contribution in [0.25, 0.3) is 0 Å². The van der Waals surface area contributed by atoms with E-state index in [1.807, 2.05) is 0 Å². The monoisotopic (exact) mass is 260 g/mol. The minimum atomic E-state index is -0.346. The van der Waals surface area contributed by atoms with Crippen molar-refractivity contribution in [1.29, 1.82) is 0 Å². The van der Waals surface area contributed by atoms with E-state index in [1.54, 1.807) is 25.3 Å². The van der Waals surface area contributed by atoms with Crippen molar-refractivity contribution in [1.82, 2.24) is 15.2 Å². The number of carbonyl (C=O) groups excluding carboxylic acids is 1. The maximum Gasteiger partial charge on any atom is 0.256 e. The summed E-state index contributed by atoms with van der Waals surface area (Å²) in [6.07, 6.45) is 2.89. The van der Waals surface area contributed by atoms with Crippen LogP contribution in [0.4, 0.5) is 5.82 Å². The Morgan fingerprint density at radius 2 is 2.37 bits per heavy atom. The molecule has 19 heavy (non-hydrogen) atoms. The molecule has 0 unspecified atom stereocenters. The number of nitrogens with one attached hydrogen (secondary N) is 2. The van der Waals surface area contributed by atoms with Gasteiger partial charge in [0.25, 0.3) is 5.91 Å². The maximum absolute atomic E-state index is 12.0.